The van der Waals surface area contributed by atoms with Gasteiger partial charge in [-0.05, 0) is 42.2 Å². The van der Waals surface area contributed by atoms with Gasteiger partial charge in [0.15, 0.2) is 11.5 Å². The first kappa shape index (κ1) is 23.9. The molecule has 0 aliphatic carbocycles. The molecule has 0 unspecified atom stereocenters. The maximum atomic E-state index is 10.8. The van der Waals surface area contributed by atoms with Crippen molar-refractivity contribution in [2.45, 2.75) is 32.0 Å². The fourth-order valence-electron chi connectivity index (χ4n) is 4.45. The molecule has 4 rings (SSSR count). The van der Waals surface area contributed by atoms with Gasteiger partial charge in [0.1, 0.15) is 12.4 Å². The van der Waals surface area contributed by atoms with Gasteiger partial charge in [0, 0.05) is 30.8 Å². The fraction of sp³-hybridized carbons (Fsp3) is 0.357. The first-order valence-corrected chi connectivity index (χ1v) is 11.6. The van der Waals surface area contributed by atoms with Crippen LogP contribution in [-0.4, -0.2) is 44.5 Å². The van der Waals surface area contributed by atoms with Crippen molar-refractivity contribution >= 4 is 0 Å². The lowest BCUT2D eigenvalue weighted by molar-refractivity contribution is 0.167. The summed E-state index contributed by atoms with van der Waals surface area (Å²) in [5, 5.41) is 10.8. The van der Waals surface area contributed by atoms with Crippen LogP contribution in [0.15, 0.2) is 60.7 Å². The molecule has 3 aromatic rings. The van der Waals surface area contributed by atoms with Gasteiger partial charge in [0.05, 0.1) is 27.4 Å². The summed E-state index contributed by atoms with van der Waals surface area (Å²) in [7, 11) is 4.88. The number of nitrogens with zero attached hydrogens (tertiary/aromatic N) is 1. The van der Waals surface area contributed by atoms with Crippen LogP contribution in [0, 0.1) is 0 Å². The molecular formula is C28H33NO5. The SMILES string of the molecule is COc1ccc(CN2CCOc3ccc([C@H](O)CCc4ccccc4)cc3C2)c(OC)c1OC. The minimum atomic E-state index is -0.520. The number of aryl methyl sites for hydroxylation is 1. The highest BCUT2D eigenvalue weighted by Gasteiger charge is 2.21. The van der Waals surface area contributed by atoms with Gasteiger partial charge in [-0.3, -0.25) is 4.90 Å². The Morgan fingerprint density at radius 2 is 1.74 bits per heavy atom. The number of aliphatic hydroxyl groups excluding tert-OH is 1. The van der Waals surface area contributed by atoms with Crippen molar-refractivity contribution < 1.29 is 24.1 Å². The predicted octanol–water partition coefficient (Wildman–Crippen LogP) is 4.77. The minimum Gasteiger partial charge on any atom is -0.493 e. The molecule has 3 aromatic carbocycles. The molecule has 0 fully saturated rings. The molecule has 0 bridgehead atoms. The average Bonchev–Trinajstić information content (AvgIpc) is 3.08. The third-order valence-electron chi connectivity index (χ3n) is 6.26. The molecule has 1 N–H and O–H groups in total. The summed E-state index contributed by atoms with van der Waals surface area (Å²) in [6.07, 6.45) is 0.991. The van der Waals surface area contributed by atoms with E-state index in [1.807, 2.05) is 42.5 Å². The quantitative estimate of drug-likeness (QED) is 0.493. The van der Waals surface area contributed by atoms with Crippen molar-refractivity contribution in [1.29, 1.82) is 0 Å². The molecule has 0 saturated heterocycles. The Morgan fingerprint density at radius 3 is 2.47 bits per heavy atom. The summed E-state index contributed by atoms with van der Waals surface area (Å²) in [5.41, 5.74) is 4.24. The summed E-state index contributed by atoms with van der Waals surface area (Å²) >= 11 is 0. The smallest absolute Gasteiger partial charge is 0.203 e. The molecule has 1 aliphatic heterocycles. The van der Waals surface area contributed by atoms with E-state index in [-0.39, 0.29) is 0 Å². The highest BCUT2D eigenvalue weighted by atomic mass is 16.5. The molecule has 0 spiro atoms. The first-order chi connectivity index (χ1) is 16.6. The zero-order valence-corrected chi connectivity index (χ0v) is 20.1. The molecule has 0 radical (unpaired) electrons. The Labute approximate surface area is 201 Å². The molecule has 34 heavy (non-hydrogen) atoms. The second kappa shape index (κ2) is 11.3. The van der Waals surface area contributed by atoms with Gasteiger partial charge >= 0.3 is 0 Å². The summed E-state index contributed by atoms with van der Waals surface area (Å²) in [6.45, 7) is 2.76. The third kappa shape index (κ3) is 5.46. The van der Waals surface area contributed by atoms with Gasteiger partial charge in [-0.15, -0.1) is 0 Å². The zero-order valence-electron chi connectivity index (χ0n) is 20.1. The van der Waals surface area contributed by atoms with E-state index in [2.05, 4.69) is 23.1 Å². The Balaban J connectivity index is 1.49. The summed E-state index contributed by atoms with van der Waals surface area (Å²) < 4.78 is 22.6. The van der Waals surface area contributed by atoms with Gasteiger partial charge in [-0.2, -0.15) is 0 Å². The van der Waals surface area contributed by atoms with Crippen molar-refractivity contribution in [3.05, 3.63) is 82.9 Å². The summed E-state index contributed by atoms with van der Waals surface area (Å²) in [6, 6.07) is 20.2. The van der Waals surface area contributed by atoms with E-state index in [1.165, 1.54) is 5.56 Å². The number of benzene rings is 3. The number of aliphatic hydroxyl groups is 1. The lowest BCUT2D eigenvalue weighted by Crippen LogP contribution is -2.25. The molecule has 1 atom stereocenters. The van der Waals surface area contributed by atoms with Gasteiger partial charge in [0.2, 0.25) is 5.75 Å². The van der Waals surface area contributed by atoms with Crippen LogP contribution in [0.5, 0.6) is 23.0 Å². The van der Waals surface area contributed by atoms with Crippen LogP contribution in [0.4, 0.5) is 0 Å². The highest BCUT2D eigenvalue weighted by molar-refractivity contribution is 5.55. The molecular weight excluding hydrogens is 430 g/mol. The monoisotopic (exact) mass is 463 g/mol. The van der Waals surface area contributed by atoms with Crippen LogP contribution < -0.4 is 18.9 Å². The van der Waals surface area contributed by atoms with Crippen molar-refractivity contribution in [1.82, 2.24) is 4.90 Å². The van der Waals surface area contributed by atoms with Crippen LogP contribution in [0.3, 0.4) is 0 Å². The Hall–Kier alpha value is -3.22. The first-order valence-electron chi connectivity index (χ1n) is 11.6. The molecule has 0 saturated carbocycles. The third-order valence-corrected chi connectivity index (χ3v) is 6.26. The number of fused-ring (bicyclic) bond motifs is 1. The van der Waals surface area contributed by atoms with E-state index < -0.39 is 6.10 Å². The normalized spacial score (nSPS) is 14.5. The van der Waals surface area contributed by atoms with Crippen LogP contribution in [0.2, 0.25) is 0 Å². The Morgan fingerprint density at radius 1 is 0.941 bits per heavy atom. The number of methoxy groups -OCH3 is 3. The van der Waals surface area contributed by atoms with Crippen LogP contribution in [0.1, 0.15) is 34.8 Å². The van der Waals surface area contributed by atoms with E-state index in [9.17, 15) is 5.11 Å². The topological polar surface area (TPSA) is 60.4 Å². The molecule has 6 nitrogen and oxygen atoms in total. The standard InChI is InChI=1S/C28H33NO5/c1-31-26-14-11-22(27(32-2)28(26)33-3)18-29-15-16-34-25-13-10-21(17-23(25)19-29)24(30)12-9-20-7-5-4-6-8-20/h4-8,10-11,13-14,17,24,30H,9,12,15-16,18-19H2,1-3H3/t24-/m1/s1. The summed E-state index contributed by atoms with van der Waals surface area (Å²) in [4.78, 5) is 2.32. The van der Waals surface area contributed by atoms with Gasteiger partial charge in [-0.1, -0.05) is 42.5 Å². The second-order valence-corrected chi connectivity index (χ2v) is 8.46. The van der Waals surface area contributed by atoms with Crippen molar-refractivity contribution in [3.8, 4) is 23.0 Å². The van der Waals surface area contributed by atoms with Crippen molar-refractivity contribution in [3.63, 3.8) is 0 Å². The number of hydrogen-bond donors (Lipinski definition) is 1. The molecule has 180 valence electrons. The van der Waals surface area contributed by atoms with Crippen LogP contribution in [-0.2, 0) is 19.5 Å². The maximum absolute atomic E-state index is 10.8. The summed E-state index contributed by atoms with van der Waals surface area (Å²) in [5.74, 6) is 2.79. The van der Waals surface area contributed by atoms with Crippen LogP contribution in [0.25, 0.3) is 0 Å². The number of ether oxygens (including phenoxy) is 4. The van der Waals surface area contributed by atoms with Crippen molar-refractivity contribution in [2.75, 3.05) is 34.5 Å². The van der Waals surface area contributed by atoms with Crippen LogP contribution >= 0.6 is 0 Å². The molecule has 0 amide bonds. The van der Waals surface area contributed by atoms with E-state index in [1.54, 1.807) is 21.3 Å². The van der Waals surface area contributed by atoms with Gasteiger partial charge in [-0.25, -0.2) is 0 Å². The Bertz CT molecular complexity index is 1090. The van der Waals surface area contributed by atoms with E-state index in [4.69, 9.17) is 18.9 Å². The van der Waals surface area contributed by atoms with Gasteiger partial charge < -0.3 is 24.1 Å². The average molecular weight is 464 g/mol. The fourth-order valence-corrected chi connectivity index (χ4v) is 4.45. The van der Waals surface area contributed by atoms with Crippen molar-refractivity contribution in [2.24, 2.45) is 0 Å². The maximum Gasteiger partial charge on any atom is 0.203 e. The molecule has 1 aliphatic rings. The van der Waals surface area contributed by atoms with Gasteiger partial charge in [0.25, 0.3) is 0 Å². The zero-order chi connectivity index (χ0) is 23.9. The predicted molar refractivity (Wildman–Crippen MR) is 132 cm³/mol. The molecule has 6 heteroatoms. The molecule has 1 heterocycles. The highest BCUT2D eigenvalue weighted by Crippen LogP contribution is 2.40. The Kier molecular flexibility index (Phi) is 7.93. The molecule has 0 aromatic heterocycles. The van der Waals surface area contributed by atoms with E-state index >= 15 is 0 Å². The number of rotatable bonds is 9. The van der Waals surface area contributed by atoms with E-state index in [0.29, 0.717) is 43.4 Å². The minimum absolute atomic E-state index is 0.520. The lowest BCUT2D eigenvalue weighted by Gasteiger charge is -2.22. The lowest BCUT2D eigenvalue weighted by atomic mass is 9.99. The number of hydrogen-bond acceptors (Lipinski definition) is 6. The van der Waals surface area contributed by atoms with E-state index in [0.717, 1.165) is 35.4 Å². The second-order valence-electron chi connectivity index (χ2n) is 8.46. The largest absolute Gasteiger partial charge is 0.493 e.